The molecule has 0 bridgehead atoms. The van der Waals surface area contributed by atoms with Gasteiger partial charge in [0.1, 0.15) is 11.9 Å². The molecule has 9 heteroatoms. The smallest absolute Gasteiger partial charge is 0.410 e. The fourth-order valence-corrected chi connectivity index (χ4v) is 7.17. The largest absolute Gasteiger partial charge is 0.419 e. The summed E-state index contributed by atoms with van der Waals surface area (Å²) in [4.78, 5) is 5.03. The number of halogens is 5. The van der Waals surface area contributed by atoms with E-state index in [0.29, 0.717) is 17.3 Å². The first kappa shape index (κ1) is 30.5. The Hall–Kier alpha value is -1.04. The molecule has 1 aromatic heterocycles. The first-order valence-corrected chi connectivity index (χ1v) is 16.6. The van der Waals surface area contributed by atoms with Gasteiger partial charge in [-0.1, -0.05) is 54.5 Å². The summed E-state index contributed by atoms with van der Waals surface area (Å²) < 4.78 is 61.5. The predicted molar refractivity (Wildman–Crippen MR) is 150 cm³/mol. The van der Waals surface area contributed by atoms with Crippen LogP contribution in [-0.4, -0.2) is 18.4 Å². The molecule has 3 rings (SSSR count). The van der Waals surface area contributed by atoms with Crippen LogP contribution in [0.1, 0.15) is 107 Å². The molecule has 1 aliphatic carbocycles. The Kier molecular flexibility index (Phi) is 8.38. The average Bonchev–Trinajstić information content (AvgIpc) is 2.69. The molecule has 0 fully saturated rings. The van der Waals surface area contributed by atoms with Crippen LogP contribution in [0.15, 0.2) is 18.2 Å². The van der Waals surface area contributed by atoms with Gasteiger partial charge in [-0.25, -0.2) is 4.39 Å². The molecule has 2 aromatic rings. The lowest BCUT2D eigenvalue weighted by Gasteiger charge is -2.44. The van der Waals surface area contributed by atoms with Gasteiger partial charge in [0, 0.05) is 20.4 Å². The van der Waals surface area contributed by atoms with Crippen molar-refractivity contribution < 1.29 is 27.1 Å². The van der Waals surface area contributed by atoms with Gasteiger partial charge < -0.3 is 9.53 Å². The molecule has 3 nitrogen and oxygen atoms in total. The van der Waals surface area contributed by atoms with Crippen LogP contribution in [0.25, 0.3) is 0 Å². The molecular weight excluding hydrogens is 613 g/mol. The lowest BCUT2D eigenvalue weighted by atomic mass is 9.74. The summed E-state index contributed by atoms with van der Waals surface area (Å²) in [6.45, 7) is 19.3. The van der Waals surface area contributed by atoms with Crippen LogP contribution >= 0.6 is 22.6 Å². The number of aromatic nitrogens is 1. The molecule has 1 heterocycles. The van der Waals surface area contributed by atoms with E-state index in [1.54, 1.807) is 0 Å². The topological polar surface area (TPSA) is 42.4 Å². The molecule has 0 amide bonds. The van der Waals surface area contributed by atoms with Crippen LogP contribution in [0, 0.1) is 14.8 Å². The normalized spacial score (nSPS) is 19.2. The average molecular weight is 652 g/mol. The minimum atomic E-state index is -4.81. The van der Waals surface area contributed by atoms with E-state index in [2.05, 4.69) is 70.3 Å². The quantitative estimate of drug-likeness (QED) is 0.199. The number of fused-ring (bicyclic) bond motifs is 1. The summed E-state index contributed by atoms with van der Waals surface area (Å²) in [6.07, 6.45) is -4.83. The van der Waals surface area contributed by atoms with Crippen LogP contribution in [0.3, 0.4) is 0 Å². The van der Waals surface area contributed by atoms with E-state index in [9.17, 15) is 22.7 Å². The highest BCUT2D eigenvalue weighted by molar-refractivity contribution is 14.1. The molecule has 1 aliphatic rings. The number of pyridine rings is 1. The SMILES string of the molecule is CC(C)c1nc2c(c(I)c1[C@@H](O)c1ccc(C(F)(F)F)c(F)c1)[C@@H](O[Si](C)(C)C(C)(C)C)CC(C)(C)C2. The third kappa shape index (κ3) is 6.25. The van der Waals surface area contributed by atoms with Crippen molar-refractivity contribution in [1.29, 1.82) is 0 Å². The molecule has 0 saturated heterocycles. The first-order valence-electron chi connectivity index (χ1n) is 12.6. The van der Waals surface area contributed by atoms with Crippen molar-refractivity contribution in [3.05, 3.63) is 61.2 Å². The maximum atomic E-state index is 14.4. The first-order chi connectivity index (χ1) is 16.7. The minimum Gasteiger partial charge on any atom is -0.410 e. The summed E-state index contributed by atoms with van der Waals surface area (Å²) in [5.41, 5.74) is 1.72. The Labute approximate surface area is 232 Å². The summed E-state index contributed by atoms with van der Waals surface area (Å²) in [7, 11) is -2.17. The molecule has 1 aromatic carbocycles. The molecule has 206 valence electrons. The fourth-order valence-electron chi connectivity index (χ4n) is 4.67. The van der Waals surface area contributed by atoms with Crippen LogP contribution in [0.5, 0.6) is 0 Å². The van der Waals surface area contributed by atoms with Crippen LogP contribution in [0.4, 0.5) is 17.6 Å². The van der Waals surface area contributed by atoms with Gasteiger partial charge in [-0.05, 0) is 82.6 Å². The van der Waals surface area contributed by atoms with Crippen molar-refractivity contribution in [1.82, 2.24) is 4.98 Å². The molecule has 2 atom stereocenters. The molecule has 0 aliphatic heterocycles. The molecular formula is C28H38F4INO2Si. The zero-order valence-electron chi connectivity index (χ0n) is 23.1. The number of alkyl halides is 3. The van der Waals surface area contributed by atoms with E-state index < -0.39 is 32.0 Å². The van der Waals surface area contributed by atoms with Gasteiger partial charge in [0.05, 0.1) is 17.4 Å². The van der Waals surface area contributed by atoms with E-state index in [1.165, 1.54) is 0 Å². The molecule has 1 N–H and O–H groups in total. The number of hydrogen-bond acceptors (Lipinski definition) is 3. The number of rotatable bonds is 5. The zero-order valence-corrected chi connectivity index (χ0v) is 26.2. The van der Waals surface area contributed by atoms with Crippen LogP contribution < -0.4 is 0 Å². The predicted octanol–water partition coefficient (Wildman–Crippen LogP) is 9.08. The molecule has 0 spiro atoms. The van der Waals surface area contributed by atoms with E-state index >= 15 is 0 Å². The van der Waals surface area contributed by atoms with Crippen molar-refractivity contribution in [3.63, 3.8) is 0 Å². The van der Waals surface area contributed by atoms with Crippen LogP contribution in [-0.2, 0) is 17.0 Å². The van der Waals surface area contributed by atoms with Gasteiger partial charge in [-0.3, -0.25) is 4.98 Å². The minimum absolute atomic E-state index is 0.00834. The Morgan fingerprint density at radius 3 is 2.24 bits per heavy atom. The van der Waals surface area contributed by atoms with Crippen molar-refractivity contribution in [2.45, 2.75) is 104 Å². The van der Waals surface area contributed by atoms with E-state index in [-0.39, 0.29) is 28.0 Å². The van der Waals surface area contributed by atoms with Gasteiger partial charge in [0.25, 0.3) is 0 Å². The summed E-state index contributed by atoms with van der Waals surface area (Å²) in [5.74, 6) is -1.47. The van der Waals surface area contributed by atoms with Gasteiger partial charge in [0.15, 0.2) is 8.32 Å². The van der Waals surface area contributed by atoms with Crippen molar-refractivity contribution in [2.75, 3.05) is 0 Å². The highest BCUT2D eigenvalue weighted by Gasteiger charge is 2.44. The number of hydrogen-bond donors (Lipinski definition) is 1. The highest BCUT2D eigenvalue weighted by Crippen LogP contribution is 2.50. The number of aliphatic hydroxyl groups is 1. The van der Waals surface area contributed by atoms with Gasteiger partial charge in [-0.15, -0.1) is 0 Å². The molecule has 37 heavy (non-hydrogen) atoms. The Morgan fingerprint density at radius 2 is 1.76 bits per heavy atom. The lowest BCUT2D eigenvalue weighted by molar-refractivity contribution is -0.140. The van der Waals surface area contributed by atoms with Gasteiger partial charge in [0.2, 0.25) is 0 Å². The van der Waals surface area contributed by atoms with Gasteiger partial charge >= 0.3 is 6.18 Å². The summed E-state index contributed by atoms with van der Waals surface area (Å²) >= 11 is 2.21. The maximum absolute atomic E-state index is 14.4. The molecule has 0 radical (unpaired) electrons. The zero-order chi connectivity index (χ0) is 28.3. The fraction of sp³-hybridized carbons (Fsp3) is 0.607. The molecule has 0 saturated carbocycles. The van der Waals surface area contributed by atoms with Crippen molar-refractivity contribution in [3.8, 4) is 0 Å². The Bertz CT molecular complexity index is 1170. The molecule has 0 unspecified atom stereocenters. The second-order valence-corrected chi connectivity index (χ2v) is 18.6. The Balaban J connectivity index is 2.21. The number of nitrogens with zero attached hydrogens (tertiary/aromatic N) is 1. The van der Waals surface area contributed by atoms with E-state index in [0.717, 1.165) is 39.8 Å². The summed E-state index contributed by atoms with van der Waals surface area (Å²) in [5, 5.41) is 11.4. The maximum Gasteiger partial charge on any atom is 0.419 e. The van der Waals surface area contributed by atoms with Crippen LogP contribution in [0.2, 0.25) is 18.1 Å². The number of aliphatic hydroxyl groups excluding tert-OH is 1. The van der Waals surface area contributed by atoms with E-state index in [4.69, 9.17) is 9.41 Å². The Morgan fingerprint density at radius 1 is 1.16 bits per heavy atom. The van der Waals surface area contributed by atoms with Gasteiger partial charge in [-0.2, -0.15) is 13.2 Å². The third-order valence-electron chi connectivity index (χ3n) is 7.70. The summed E-state index contributed by atoms with van der Waals surface area (Å²) in [6, 6.07) is 2.61. The standard InChI is InChI=1S/C28H38F4INO2Si/c1-15(2)24-22(25(35)16-10-11-17(18(29)12-16)28(30,31)32)23(33)21-19(34-24)13-27(6,7)14-20(21)36-37(8,9)26(3,4)5/h10-12,15,20,25,35H,13-14H2,1-9H3/t20-,25-/m0/s1. The monoisotopic (exact) mass is 651 g/mol. The second kappa shape index (κ2) is 10.2. The van der Waals surface area contributed by atoms with Crippen molar-refractivity contribution >= 4 is 30.9 Å². The lowest BCUT2D eigenvalue weighted by Crippen LogP contribution is -2.44. The highest BCUT2D eigenvalue weighted by atomic mass is 127. The number of benzene rings is 1. The van der Waals surface area contributed by atoms with E-state index in [1.807, 2.05) is 13.8 Å². The second-order valence-electron chi connectivity index (χ2n) is 12.8. The third-order valence-corrected chi connectivity index (χ3v) is 13.3. The van der Waals surface area contributed by atoms with Crippen molar-refractivity contribution in [2.24, 2.45) is 5.41 Å².